The molecule has 0 fully saturated rings. The molecule has 1 aromatic heterocycles. The van der Waals surface area contributed by atoms with Crippen LogP contribution >= 0.6 is 0 Å². The Morgan fingerprint density at radius 3 is 2.86 bits per heavy atom. The van der Waals surface area contributed by atoms with E-state index in [9.17, 15) is 8.42 Å². The number of anilines is 2. The fourth-order valence-corrected chi connectivity index (χ4v) is 4.05. The number of nitrogens with two attached hydrogens (primary N) is 1. The lowest BCUT2D eigenvalue weighted by molar-refractivity contribution is 0.210. The SMILES string of the molecule is Cc1cccc(S(=O)(=O)N2CC(C)Oc3ncc(N)cc32)c1. The van der Waals surface area contributed by atoms with Crippen LogP contribution in [0.1, 0.15) is 12.5 Å². The van der Waals surface area contributed by atoms with Crippen LogP contribution in [0.5, 0.6) is 5.88 Å². The van der Waals surface area contributed by atoms with E-state index in [2.05, 4.69) is 4.98 Å². The van der Waals surface area contributed by atoms with Gasteiger partial charge in [-0.05, 0) is 37.6 Å². The van der Waals surface area contributed by atoms with Gasteiger partial charge in [0.05, 0.1) is 23.3 Å². The Balaban J connectivity index is 2.14. The molecule has 0 amide bonds. The fourth-order valence-electron chi connectivity index (χ4n) is 2.42. The van der Waals surface area contributed by atoms with Crippen molar-refractivity contribution in [1.29, 1.82) is 0 Å². The first-order valence-electron chi connectivity index (χ1n) is 6.89. The van der Waals surface area contributed by atoms with Crippen LogP contribution in [0.2, 0.25) is 0 Å². The molecule has 0 saturated heterocycles. The molecule has 1 aromatic carbocycles. The predicted molar refractivity (Wildman–Crippen MR) is 84.5 cm³/mol. The Hall–Kier alpha value is -2.28. The second-order valence-corrected chi connectivity index (χ2v) is 7.24. The molecule has 1 aliphatic heterocycles. The molecule has 2 N–H and O–H groups in total. The lowest BCUT2D eigenvalue weighted by Crippen LogP contribution is -2.42. The number of nitrogen functional groups attached to an aromatic ring is 1. The number of aromatic nitrogens is 1. The molecule has 6 nitrogen and oxygen atoms in total. The Kier molecular flexibility index (Phi) is 3.44. The van der Waals surface area contributed by atoms with E-state index in [0.717, 1.165) is 5.56 Å². The summed E-state index contributed by atoms with van der Waals surface area (Å²) in [6.45, 7) is 3.88. The van der Waals surface area contributed by atoms with E-state index in [0.29, 0.717) is 11.4 Å². The first kappa shape index (κ1) is 14.6. The van der Waals surface area contributed by atoms with Crippen LogP contribution in [-0.2, 0) is 10.0 Å². The molecule has 3 rings (SSSR count). The normalized spacial score (nSPS) is 17.7. The highest BCUT2D eigenvalue weighted by atomic mass is 32.2. The largest absolute Gasteiger partial charge is 0.471 e. The summed E-state index contributed by atoms with van der Waals surface area (Å²) in [6, 6.07) is 8.39. The van der Waals surface area contributed by atoms with Crippen molar-refractivity contribution < 1.29 is 13.2 Å². The van der Waals surface area contributed by atoms with E-state index >= 15 is 0 Å². The van der Waals surface area contributed by atoms with E-state index in [4.69, 9.17) is 10.5 Å². The van der Waals surface area contributed by atoms with Crippen LogP contribution < -0.4 is 14.8 Å². The lowest BCUT2D eigenvalue weighted by atomic mass is 10.2. The molecular weight excluding hydrogens is 302 g/mol. The molecule has 22 heavy (non-hydrogen) atoms. The van der Waals surface area contributed by atoms with Crippen molar-refractivity contribution in [3.8, 4) is 5.88 Å². The van der Waals surface area contributed by atoms with Crippen molar-refractivity contribution in [2.24, 2.45) is 0 Å². The van der Waals surface area contributed by atoms with Crippen LogP contribution in [0.25, 0.3) is 0 Å². The van der Waals surface area contributed by atoms with Crippen molar-refractivity contribution in [2.45, 2.75) is 24.8 Å². The average molecular weight is 319 g/mol. The minimum absolute atomic E-state index is 0.217. The Bertz CT molecular complexity index is 821. The number of fused-ring (bicyclic) bond motifs is 1. The second kappa shape index (κ2) is 5.17. The van der Waals surface area contributed by atoms with Gasteiger partial charge in [-0.2, -0.15) is 0 Å². The van der Waals surface area contributed by atoms with E-state index < -0.39 is 10.0 Å². The lowest BCUT2D eigenvalue weighted by Gasteiger charge is -2.33. The predicted octanol–water partition coefficient (Wildman–Crippen LogP) is 1.95. The zero-order valence-corrected chi connectivity index (χ0v) is 13.2. The van der Waals surface area contributed by atoms with Gasteiger partial charge in [-0.3, -0.25) is 4.31 Å². The summed E-state index contributed by atoms with van der Waals surface area (Å²) in [5, 5.41) is 0. The Morgan fingerprint density at radius 1 is 1.36 bits per heavy atom. The minimum atomic E-state index is -3.69. The molecule has 2 aromatic rings. The first-order chi connectivity index (χ1) is 10.4. The van der Waals surface area contributed by atoms with Gasteiger partial charge in [0.25, 0.3) is 10.0 Å². The second-order valence-electron chi connectivity index (χ2n) is 5.37. The van der Waals surface area contributed by atoms with Crippen LogP contribution in [0.4, 0.5) is 11.4 Å². The molecule has 0 radical (unpaired) electrons. The maximum Gasteiger partial charge on any atom is 0.264 e. The van der Waals surface area contributed by atoms with Gasteiger partial charge in [0.15, 0.2) is 0 Å². The number of aryl methyl sites for hydroxylation is 1. The molecule has 1 atom stereocenters. The summed E-state index contributed by atoms with van der Waals surface area (Å²) < 4.78 is 32.8. The van der Waals surface area contributed by atoms with Crippen LogP contribution in [-0.4, -0.2) is 26.1 Å². The molecule has 0 spiro atoms. The molecule has 1 aliphatic rings. The maximum atomic E-state index is 13.0. The number of hydrogen-bond acceptors (Lipinski definition) is 5. The average Bonchev–Trinajstić information content (AvgIpc) is 2.47. The highest BCUT2D eigenvalue weighted by Crippen LogP contribution is 2.36. The molecule has 7 heteroatoms. The van der Waals surface area contributed by atoms with Gasteiger partial charge in [0.2, 0.25) is 5.88 Å². The number of rotatable bonds is 2. The van der Waals surface area contributed by atoms with Crippen molar-refractivity contribution in [3.63, 3.8) is 0 Å². The van der Waals surface area contributed by atoms with Crippen LogP contribution in [0.15, 0.2) is 41.4 Å². The molecule has 116 valence electrons. The van der Waals surface area contributed by atoms with E-state index in [1.54, 1.807) is 31.2 Å². The van der Waals surface area contributed by atoms with Crippen LogP contribution in [0.3, 0.4) is 0 Å². The minimum Gasteiger partial charge on any atom is -0.471 e. The van der Waals surface area contributed by atoms with Gasteiger partial charge < -0.3 is 10.5 Å². The Labute approximate surface area is 129 Å². The third-order valence-corrected chi connectivity index (χ3v) is 5.21. The summed E-state index contributed by atoms with van der Waals surface area (Å²) in [5.41, 5.74) is 7.39. The molecule has 2 heterocycles. The maximum absolute atomic E-state index is 13.0. The first-order valence-corrected chi connectivity index (χ1v) is 8.33. The van der Waals surface area contributed by atoms with Gasteiger partial charge in [-0.1, -0.05) is 12.1 Å². The number of pyridine rings is 1. The third-order valence-electron chi connectivity index (χ3n) is 3.44. The van der Waals surface area contributed by atoms with Gasteiger partial charge in [-0.15, -0.1) is 0 Å². The number of nitrogens with zero attached hydrogens (tertiary/aromatic N) is 2. The summed E-state index contributed by atoms with van der Waals surface area (Å²) in [5.74, 6) is 0.282. The number of benzene rings is 1. The smallest absolute Gasteiger partial charge is 0.264 e. The zero-order chi connectivity index (χ0) is 15.9. The molecule has 0 aliphatic carbocycles. The van der Waals surface area contributed by atoms with Gasteiger partial charge >= 0.3 is 0 Å². The number of sulfonamides is 1. The topological polar surface area (TPSA) is 85.5 Å². The number of hydrogen-bond donors (Lipinski definition) is 1. The van der Waals surface area contributed by atoms with Crippen molar-refractivity contribution in [2.75, 3.05) is 16.6 Å². The quantitative estimate of drug-likeness (QED) is 0.914. The highest BCUT2D eigenvalue weighted by molar-refractivity contribution is 7.92. The van der Waals surface area contributed by atoms with E-state index in [-0.39, 0.29) is 23.4 Å². The number of ether oxygens (including phenoxy) is 1. The fraction of sp³-hybridized carbons (Fsp3) is 0.267. The molecule has 0 saturated carbocycles. The molecular formula is C15H17N3O3S. The van der Waals surface area contributed by atoms with E-state index in [1.807, 2.05) is 13.0 Å². The van der Waals surface area contributed by atoms with Gasteiger partial charge in [0, 0.05) is 0 Å². The summed E-state index contributed by atoms with van der Waals surface area (Å²) in [6.07, 6.45) is 1.16. The third kappa shape index (κ3) is 2.48. The van der Waals surface area contributed by atoms with E-state index in [1.165, 1.54) is 10.5 Å². The van der Waals surface area contributed by atoms with Crippen LogP contribution in [0, 0.1) is 6.92 Å². The van der Waals surface area contributed by atoms with Crippen molar-refractivity contribution >= 4 is 21.4 Å². The monoisotopic (exact) mass is 319 g/mol. The van der Waals surface area contributed by atoms with Gasteiger partial charge in [0.1, 0.15) is 11.8 Å². The highest BCUT2D eigenvalue weighted by Gasteiger charge is 2.33. The zero-order valence-electron chi connectivity index (χ0n) is 12.4. The van der Waals surface area contributed by atoms with Crippen molar-refractivity contribution in [1.82, 2.24) is 4.98 Å². The van der Waals surface area contributed by atoms with Gasteiger partial charge in [-0.25, -0.2) is 13.4 Å². The Morgan fingerprint density at radius 2 is 2.14 bits per heavy atom. The standard InChI is InChI=1S/C15H17N3O3S/c1-10-4-3-5-13(6-10)22(19,20)18-9-11(2)21-15-14(18)7-12(16)8-17-15/h3-8,11H,9,16H2,1-2H3. The van der Waals surface area contributed by atoms with Crippen molar-refractivity contribution in [3.05, 3.63) is 42.1 Å². The summed E-state index contributed by atoms with van der Waals surface area (Å²) in [4.78, 5) is 4.34. The molecule has 1 unspecified atom stereocenters. The molecule has 0 bridgehead atoms. The summed E-state index contributed by atoms with van der Waals surface area (Å²) >= 11 is 0. The summed E-state index contributed by atoms with van der Waals surface area (Å²) in [7, 11) is -3.69.